The number of hydrogen-bond donors (Lipinski definition) is 1. The molecule has 28 heavy (non-hydrogen) atoms. The van der Waals surface area contributed by atoms with E-state index in [1.165, 1.54) is 0 Å². The number of nitrogens with one attached hydrogen (secondary N) is 1. The Bertz CT molecular complexity index is 926. The molecule has 0 unspecified atom stereocenters. The van der Waals surface area contributed by atoms with E-state index in [0.29, 0.717) is 11.3 Å². The predicted molar refractivity (Wildman–Crippen MR) is 106 cm³/mol. The number of benzene rings is 1. The Morgan fingerprint density at radius 2 is 1.79 bits per heavy atom. The van der Waals surface area contributed by atoms with Crippen molar-refractivity contribution in [2.45, 2.75) is 53.7 Å². The second kappa shape index (κ2) is 6.90. The highest BCUT2D eigenvalue weighted by atomic mass is 16.5. The smallest absolute Gasteiger partial charge is 0.272 e. The maximum atomic E-state index is 12.6. The summed E-state index contributed by atoms with van der Waals surface area (Å²) < 4.78 is 6.31. The topological polar surface area (TPSA) is 87.9 Å². The van der Waals surface area contributed by atoms with Gasteiger partial charge in [0, 0.05) is 16.9 Å². The fraction of sp³-hybridized carbons (Fsp3) is 0.455. The standard InChI is InChI=1S/C22H26N4O2/c1-13-11-16(9-8-15(13)12-23)28-20-21(3,4)19(22(20,5)6)24-18(27)17-10-7-14(2)25-26-17/h7-11,19-20H,1-6H3,(H,24,27). The van der Waals surface area contributed by atoms with Crippen LogP contribution in [0.1, 0.15) is 55.0 Å². The minimum absolute atomic E-state index is 0.0833. The van der Waals surface area contributed by atoms with E-state index in [9.17, 15) is 4.79 Å². The third kappa shape index (κ3) is 3.33. The van der Waals surface area contributed by atoms with Gasteiger partial charge in [0.1, 0.15) is 11.9 Å². The number of nitriles is 1. The number of hydrogen-bond acceptors (Lipinski definition) is 5. The van der Waals surface area contributed by atoms with Gasteiger partial charge in [0.25, 0.3) is 5.91 Å². The van der Waals surface area contributed by atoms with E-state index < -0.39 is 0 Å². The Morgan fingerprint density at radius 1 is 1.11 bits per heavy atom. The van der Waals surface area contributed by atoms with E-state index >= 15 is 0 Å². The number of aryl methyl sites for hydroxylation is 2. The molecule has 2 aromatic rings. The van der Waals surface area contributed by atoms with Crippen molar-refractivity contribution >= 4 is 5.91 Å². The monoisotopic (exact) mass is 378 g/mol. The molecule has 6 heteroatoms. The summed E-state index contributed by atoms with van der Waals surface area (Å²) in [7, 11) is 0. The maximum absolute atomic E-state index is 12.6. The zero-order valence-corrected chi connectivity index (χ0v) is 17.2. The van der Waals surface area contributed by atoms with Crippen LogP contribution in [0, 0.1) is 36.0 Å². The van der Waals surface area contributed by atoms with Gasteiger partial charge >= 0.3 is 0 Å². The van der Waals surface area contributed by atoms with Crippen molar-refractivity contribution in [2.75, 3.05) is 0 Å². The lowest BCUT2D eigenvalue weighted by atomic mass is 9.49. The molecule has 0 saturated heterocycles. The van der Waals surface area contributed by atoms with Crippen LogP contribution < -0.4 is 10.1 Å². The van der Waals surface area contributed by atoms with Gasteiger partial charge in [-0.25, -0.2) is 0 Å². The Morgan fingerprint density at radius 3 is 2.32 bits per heavy atom. The van der Waals surface area contributed by atoms with Crippen molar-refractivity contribution in [3.63, 3.8) is 0 Å². The molecule has 1 saturated carbocycles. The van der Waals surface area contributed by atoms with Crippen LogP contribution in [0.4, 0.5) is 0 Å². The third-order valence-corrected chi connectivity index (χ3v) is 5.72. The van der Waals surface area contributed by atoms with E-state index in [1.807, 2.05) is 26.0 Å². The van der Waals surface area contributed by atoms with Crippen molar-refractivity contribution in [3.05, 3.63) is 52.8 Å². The molecule has 1 heterocycles. The first-order valence-corrected chi connectivity index (χ1v) is 9.36. The van der Waals surface area contributed by atoms with Crippen molar-refractivity contribution in [1.82, 2.24) is 15.5 Å². The molecule has 0 radical (unpaired) electrons. The van der Waals surface area contributed by atoms with Crippen LogP contribution in [0.25, 0.3) is 0 Å². The molecule has 0 atom stereocenters. The number of carbonyl (C=O) groups is 1. The molecule has 6 nitrogen and oxygen atoms in total. The first-order valence-electron chi connectivity index (χ1n) is 9.36. The van der Waals surface area contributed by atoms with Gasteiger partial charge in [0.05, 0.1) is 17.3 Å². The van der Waals surface area contributed by atoms with Crippen LogP contribution in [0.3, 0.4) is 0 Å². The maximum Gasteiger partial charge on any atom is 0.272 e. The van der Waals surface area contributed by atoms with Gasteiger partial charge in [-0.1, -0.05) is 27.7 Å². The summed E-state index contributed by atoms with van der Waals surface area (Å²) in [6.45, 7) is 12.1. The average molecular weight is 378 g/mol. The minimum Gasteiger partial charge on any atom is -0.489 e. The van der Waals surface area contributed by atoms with Gasteiger partial charge < -0.3 is 10.1 Å². The number of aromatic nitrogens is 2. The molecule has 1 fully saturated rings. The summed E-state index contributed by atoms with van der Waals surface area (Å²) in [6, 6.07) is 11.0. The quantitative estimate of drug-likeness (QED) is 0.878. The number of carbonyl (C=O) groups excluding carboxylic acids is 1. The van der Waals surface area contributed by atoms with E-state index in [4.69, 9.17) is 10.00 Å². The molecule has 0 spiro atoms. The van der Waals surface area contributed by atoms with Crippen molar-refractivity contribution in [3.8, 4) is 11.8 Å². The van der Waals surface area contributed by atoms with E-state index in [2.05, 4.69) is 49.3 Å². The molecule has 3 rings (SSSR count). The van der Waals surface area contributed by atoms with Gasteiger partial charge in [-0.15, -0.1) is 5.10 Å². The first kappa shape index (κ1) is 19.8. The lowest BCUT2D eigenvalue weighted by Gasteiger charge is -2.63. The number of rotatable bonds is 4. The van der Waals surface area contributed by atoms with Gasteiger partial charge in [0.2, 0.25) is 0 Å². The number of nitrogens with zero attached hydrogens (tertiary/aromatic N) is 3. The SMILES string of the molecule is Cc1ccc(C(=O)NC2C(C)(C)C(Oc3ccc(C#N)c(C)c3)C2(C)C)nn1. The zero-order valence-electron chi connectivity index (χ0n) is 17.2. The van der Waals surface area contributed by atoms with Crippen molar-refractivity contribution in [2.24, 2.45) is 10.8 Å². The Kier molecular flexibility index (Phi) is 4.88. The second-order valence-corrected chi connectivity index (χ2v) is 8.70. The van der Waals surface area contributed by atoms with Crippen LogP contribution in [0.15, 0.2) is 30.3 Å². The second-order valence-electron chi connectivity index (χ2n) is 8.70. The molecule has 1 N–H and O–H groups in total. The Balaban J connectivity index is 1.76. The van der Waals surface area contributed by atoms with Crippen LogP contribution in [-0.4, -0.2) is 28.3 Å². The summed E-state index contributed by atoms with van der Waals surface area (Å²) in [5.41, 5.74) is 2.05. The summed E-state index contributed by atoms with van der Waals surface area (Å²) in [5.74, 6) is 0.503. The molecular formula is C22H26N4O2. The van der Waals surface area contributed by atoms with Gasteiger partial charge in [-0.3, -0.25) is 4.79 Å². The molecule has 0 bridgehead atoms. The summed E-state index contributed by atoms with van der Waals surface area (Å²) >= 11 is 0. The molecule has 1 aliphatic carbocycles. The zero-order chi connectivity index (χ0) is 20.7. The highest BCUT2D eigenvalue weighted by molar-refractivity contribution is 5.92. The van der Waals surface area contributed by atoms with E-state index in [1.54, 1.807) is 18.2 Å². The number of ether oxygens (including phenoxy) is 1. The first-order chi connectivity index (χ1) is 13.1. The van der Waals surface area contributed by atoms with Crippen LogP contribution in [0.5, 0.6) is 5.75 Å². The third-order valence-electron chi connectivity index (χ3n) is 5.72. The van der Waals surface area contributed by atoms with E-state index in [-0.39, 0.29) is 28.9 Å². The van der Waals surface area contributed by atoms with Crippen LogP contribution in [-0.2, 0) is 0 Å². The van der Waals surface area contributed by atoms with Crippen LogP contribution >= 0.6 is 0 Å². The fourth-order valence-corrected chi connectivity index (χ4v) is 4.50. The normalized spacial score (nSPS) is 21.9. The van der Waals surface area contributed by atoms with Gasteiger partial charge in [-0.2, -0.15) is 10.4 Å². The largest absolute Gasteiger partial charge is 0.489 e. The minimum atomic E-state index is -0.279. The highest BCUT2D eigenvalue weighted by Crippen LogP contribution is 2.55. The molecule has 1 aromatic heterocycles. The van der Waals surface area contributed by atoms with E-state index in [0.717, 1.165) is 17.0 Å². The average Bonchev–Trinajstić information content (AvgIpc) is 2.64. The molecule has 1 aliphatic rings. The predicted octanol–water partition coefficient (Wildman–Crippen LogP) is 3.58. The van der Waals surface area contributed by atoms with Crippen molar-refractivity contribution in [1.29, 1.82) is 5.26 Å². The molecule has 0 aliphatic heterocycles. The summed E-state index contributed by atoms with van der Waals surface area (Å²) in [6.07, 6.45) is -0.0956. The fourth-order valence-electron chi connectivity index (χ4n) is 4.50. The Labute approximate surface area is 165 Å². The Hall–Kier alpha value is -2.94. The lowest BCUT2D eigenvalue weighted by molar-refractivity contribution is -0.164. The molecule has 1 amide bonds. The number of amides is 1. The molecule has 1 aromatic carbocycles. The lowest BCUT2D eigenvalue weighted by Crippen LogP contribution is -2.74. The van der Waals surface area contributed by atoms with Gasteiger partial charge in [0.15, 0.2) is 5.69 Å². The summed E-state index contributed by atoms with van der Waals surface area (Å²) in [5, 5.41) is 20.2. The van der Waals surface area contributed by atoms with Gasteiger partial charge in [-0.05, 0) is 49.7 Å². The highest BCUT2D eigenvalue weighted by Gasteiger charge is 2.64. The molecule has 146 valence electrons. The molecular weight excluding hydrogens is 352 g/mol. The van der Waals surface area contributed by atoms with Crippen molar-refractivity contribution < 1.29 is 9.53 Å². The summed E-state index contributed by atoms with van der Waals surface area (Å²) in [4.78, 5) is 12.6. The van der Waals surface area contributed by atoms with Crippen LogP contribution in [0.2, 0.25) is 0 Å².